The second-order valence-electron chi connectivity index (χ2n) is 5.13. The Hall–Kier alpha value is -1.70. The summed E-state index contributed by atoms with van der Waals surface area (Å²) in [6.45, 7) is 5.77. The van der Waals surface area contributed by atoms with Crippen LogP contribution in [0.15, 0.2) is 12.4 Å². The number of alkyl carbamates (subject to hydrolysis) is 1. The number of alkyl halides is 1. The molecule has 1 aromatic rings. The topological polar surface area (TPSA) is 97.2 Å². The molecule has 8 heteroatoms. The van der Waals surface area contributed by atoms with Crippen molar-refractivity contribution in [3.63, 3.8) is 0 Å². The van der Waals surface area contributed by atoms with Gasteiger partial charge < -0.3 is 9.47 Å². The summed E-state index contributed by atoms with van der Waals surface area (Å²) in [5.41, 5.74) is -0.392. The van der Waals surface area contributed by atoms with E-state index in [2.05, 4.69) is 31.2 Å². The van der Waals surface area contributed by atoms with Crippen LogP contribution in [-0.4, -0.2) is 39.4 Å². The van der Waals surface area contributed by atoms with Crippen LogP contribution >= 0.6 is 15.9 Å². The summed E-state index contributed by atoms with van der Waals surface area (Å²) >= 11 is 3.30. The number of aromatic nitrogens is 2. The van der Waals surface area contributed by atoms with E-state index in [0.29, 0.717) is 12.5 Å². The molecule has 0 saturated carbocycles. The summed E-state index contributed by atoms with van der Waals surface area (Å²) in [5, 5.41) is 10.9. The summed E-state index contributed by atoms with van der Waals surface area (Å²) in [5.74, 6) is 0.202. The van der Waals surface area contributed by atoms with Gasteiger partial charge in [0.15, 0.2) is 5.84 Å². The zero-order valence-corrected chi connectivity index (χ0v) is 13.9. The van der Waals surface area contributed by atoms with Gasteiger partial charge in [0.05, 0.1) is 19.0 Å². The lowest BCUT2D eigenvalue weighted by molar-refractivity contribution is 0.0563. The van der Waals surface area contributed by atoms with E-state index in [0.717, 1.165) is 11.8 Å². The summed E-state index contributed by atoms with van der Waals surface area (Å²) in [7, 11) is 0. The summed E-state index contributed by atoms with van der Waals surface area (Å²) in [4.78, 5) is 19.6. The Labute approximate surface area is 132 Å². The molecular weight excluding hydrogens is 340 g/mol. The van der Waals surface area contributed by atoms with Gasteiger partial charge in [-0.2, -0.15) is 0 Å². The quantitative estimate of drug-likeness (QED) is 0.364. The molecule has 0 saturated heterocycles. The third-order valence-corrected chi connectivity index (χ3v) is 2.60. The first-order valence-electron chi connectivity index (χ1n) is 6.41. The fourth-order valence-electron chi connectivity index (χ4n) is 1.22. The van der Waals surface area contributed by atoms with E-state index in [1.54, 1.807) is 20.8 Å². The molecular formula is C13H19BrN4O3. The lowest BCUT2D eigenvalue weighted by atomic mass is 10.2. The maximum atomic E-state index is 11.5. The molecule has 1 rings (SSSR count). The second kappa shape index (κ2) is 7.92. The number of ether oxygens (including phenoxy) is 2. The normalized spacial score (nSPS) is 10.9. The van der Waals surface area contributed by atoms with Crippen LogP contribution in [0.4, 0.5) is 4.79 Å². The monoisotopic (exact) mass is 358 g/mol. The zero-order valence-electron chi connectivity index (χ0n) is 12.3. The molecule has 2 N–H and O–H groups in total. The lowest BCUT2D eigenvalue weighted by Gasteiger charge is -2.19. The van der Waals surface area contributed by atoms with Gasteiger partial charge in [0.1, 0.15) is 11.3 Å². The molecule has 0 aromatic carbocycles. The van der Waals surface area contributed by atoms with Gasteiger partial charge in [-0.15, -0.1) is 0 Å². The molecule has 0 aliphatic carbocycles. The molecule has 0 fully saturated rings. The molecule has 0 aliphatic heterocycles. The van der Waals surface area contributed by atoms with Crippen molar-refractivity contribution in [2.75, 3.05) is 11.9 Å². The summed E-state index contributed by atoms with van der Waals surface area (Å²) in [6.07, 6.45) is 2.93. The second-order valence-corrected chi connectivity index (χ2v) is 5.93. The first-order chi connectivity index (χ1) is 9.81. The Morgan fingerprint density at radius 3 is 2.62 bits per heavy atom. The van der Waals surface area contributed by atoms with E-state index in [1.165, 1.54) is 12.4 Å². The van der Waals surface area contributed by atoms with Gasteiger partial charge in [0.2, 0.25) is 5.88 Å². The third kappa shape index (κ3) is 7.03. The largest absolute Gasteiger partial charge is 0.477 e. The fraction of sp³-hybridized carbons (Fsp3) is 0.538. The molecule has 7 nitrogen and oxygen atoms in total. The van der Waals surface area contributed by atoms with Gasteiger partial charge >= 0.3 is 6.09 Å². The number of nitrogens with zero attached hydrogens (tertiary/aromatic N) is 2. The lowest BCUT2D eigenvalue weighted by Crippen LogP contribution is -2.36. The van der Waals surface area contributed by atoms with Crippen LogP contribution in [0.5, 0.6) is 5.88 Å². The molecule has 0 bridgehead atoms. The molecule has 21 heavy (non-hydrogen) atoms. The first-order valence-corrected chi connectivity index (χ1v) is 7.53. The summed E-state index contributed by atoms with van der Waals surface area (Å²) in [6, 6.07) is 0. The van der Waals surface area contributed by atoms with Gasteiger partial charge in [-0.3, -0.25) is 10.7 Å². The molecule has 1 aromatic heterocycles. The van der Waals surface area contributed by atoms with Gasteiger partial charge in [-0.05, 0) is 27.2 Å². The van der Waals surface area contributed by atoms with Crippen molar-refractivity contribution in [1.29, 1.82) is 5.41 Å². The highest BCUT2D eigenvalue weighted by atomic mass is 79.9. The maximum Gasteiger partial charge on any atom is 0.413 e. The molecule has 1 amide bonds. The minimum absolute atomic E-state index is 0.177. The van der Waals surface area contributed by atoms with Crippen molar-refractivity contribution in [3.8, 4) is 5.88 Å². The Morgan fingerprint density at radius 1 is 1.38 bits per heavy atom. The number of carbonyl (C=O) groups is 1. The van der Waals surface area contributed by atoms with Crippen molar-refractivity contribution in [2.24, 2.45) is 0 Å². The minimum Gasteiger partial charge on any atom is -0.477 e. The zero-order chi connectivity index (χ0) is 15.9. The molecule has 0 spiro atoms. The molecule has 0 atom stereocenters. The van der Waals surface area contributed by atoms with Crippen molar-refractivity contribution in [1.82, 2.24) is 15.3 Å². The average molecular weight is 359 g/mol. The van der Waals surface area contributed by atoms with Gasteiger partial charge in [-0.25, -0.2) is 14.8 Å². The van der Waals surface area contributed by atoms with E-state index >= 15 is 0 Å². The van der Waals surface area contributed by atoms with Gasteiger partial charge in [-0.1, -0.05) is 15.9 Å². The van der Waals surface area contributed by atoms with Crippen LogP contribution in [0.25, 0.3) is 0 Å². The van der Waals surface area contributed by atoms with E-state index in [4.69, 9.17) is 14.9 Å². The first kappa shape index (κ1) is 17.4. The predicted octanol–water partition coefficient (Wildman–Crippen LogP) is 2.49. The fourth-order valence-corrected chi connectivity index (χ4v) is 1.45. The van der Waals surface area contributed by atoms with E-state index in [1.807, 2.05) is 0 Å². The highest BCUT2D eigenvalue weighted by molar-refractivity contribution is 9.09. The van der Waals surface area contributed by atoms with Crippen molar-refractivity contribution in [2.45, 2.75) is 32.8 Å². The number of hydrogen-bond donors (Lipinski definition) is 2. The Bertz CT molecular complexity index is 485. The van der Waals surface area contributed by atoms with Crippen LogP contribution in [0, 0.1) is 5.41 Å². The number of nitrogens with one attached hydrogen (secondary N) is 2. The van der Waals surface area contributed by atoms with Crippen LogP contribution < -0.4 is 10.1 Å². The number of halogens is 1. The van der Waals surface area contributed by atoms with Crippen molar-refractivity contribution >= 4 is 27.9 Å². The minimum atomic E-state index is -0.702. The number of amides is 1. The third-order valence-electron chi connectivity index (χ3n) is 2.04. The molecule has 1 heterocycles. The van der Waals surface area contributed by atoms with Crippen LogP contribution in [0.3, 0.4) is 0 Å². The molecule has 0 unspecified atom stereocenters. The number of rotatable bonds is 5. The van der Waals surface area contributed by atoms with Crippen LogP contribution in [-0.2, 0) is 4.74 Å². The van der Waals surface area contributed by atoms with Gasteiger partial charge in [0, 0.05) is 5.33 Å². The number of hydrogen-bond acceptors (Lipinski definition) is 6. The standard InChI is InChI=1S/C13H19BrN4O3/c1-13(2,3)21-12(19)18-11(15)9-7-17-10(8-16-9)20-6-4-5-14/h7-8H,4-6H2,1-3H3,(H2,15,18,19). The Morgan fingerprint density at radius 2 is 2.10 bits per heavy atom. The number of carbonyl (C=O) groups excluding carboxylic acids is 1. The highest BCUT2D eigenvalue weighted by Crippen LogP contribution is 2.08. The highest BCUT2D eigenvalue weighted by Gasteiger charge is 2.18. The molecule has 0 radical (unpaired) electrons. The van der Waals surface area contributed by atoms with Crippen molar-refractivity contribution < 1.29 is 14.3 Å². The maximum absolute atomic E-state index is 11.5. The van der Waals surface area contributed by atoms with Crippen LogP contribution in [0.2, 0.25) is 0 Å². The molecule has 0 aliphatic rings. The Balaban J connectivity index is 2.53. The van der Waals surface area contributed by atoms with Crippen LogP contribution in [0.1, 0.15) is 32.9 Å². The summed E-state index contributed by atoms with van der Waals surface area (Å²) < 4.78 is 10.4. The van der Waals surface area contributed by atoms with Gasteiger partial charge in [0.25, 0.3) is 0 Å². The molecule has 116 valence electrons. The Kier molecular flexibility index (Phi) is 6.54. The average Bonchev–Trinajstić information content (AvgIpc) is 2.37. The predicted molar refractivity (Wildman–Crippen MR) is 82.1 cm³/mol. The van der Waals surface area contributed by atoms with E-state index in [9.17, 15) is 4.79 Å². The van der Waals surface area contributed by atoms with Crippen molar-refractivity contribution in [3.05, 3.63) is 18.1 Å². The number of amidine groups is 1. The smallest absolute Gasteiger partial charge is 0.413 e. The van der Waals surface area contributed by atoms with E-state index < -0.39 is 11.7 Å². The SMILES string of the molecule is CC(C)(C)OC(=O)NC(=N)c1cnc(OCCCBr)cn1. The van der Waals surface area contributed by atoms with E-state index in [-0.39, 0.29) is 11.5 Å².